The summed E-state index contributed by atoms with van der Waals surface area (Å²) in [6, 6.07) is 2.49. The molecule has 2 fully saturated rings. The van der Waals surface area contributed by atoms with Gasteiger partial charge in [-0.05, 0) is 26.2 Å². The summed E-state index contributed by atoms with van der Waals surface area (Å²) in [5.41, 5.74) is 7.08. The van der Waals surface area contributed by atoms with E-state index in [4.69, 9.17) is 4.74 Å². The van der Waals surface area contributed by atoms with Gasteiger partial charge in [-0.2, -0.15) is 5.10 Å². The first kappa shape index (κ1) is 15.9. The summed E-state index contributed by atoms with van der Waals surface area (Å²) in [4.78, 5) is 14.9. The second kappa shape index (κ2) is 6.70. The zero-order chi connectivity index (χ0) is 16.5. The van der Waals surface area contributed by atoms with Crippen LogP contribution in [0.25, 0.3) is 0 Å². The Kier molecular flexibility index (Phi) is 4.43. The van der Waals surface area contributed by atoms with E-state index in [9.17, 15) is 4.79 Å². The number of amides is 1. The maximum Gasteiger partial charge on any atom is 0.272 e. The fourth-order valence-corrected chi connectivity index (χ4v) is 3.72. The number of aryl methyl sites for hydroxylation is 1. The number of fused-ring (bicyclic) bond motifs is 1. The number of hydrogen-bond donors (Lipinski definition) is 3. The summed E-state index contributed by atoms with van der Waals surface area (Å²) in [5, 5.41) is 7.48. The lowest BCUT2D eigenvalue weighted by molar-refractivity contribution is 0.0874. The van der Waals surface area contributed by atoms with Gasteiger partial charge in [0.1, 0.15) is 0 Å². The highest BCUT2D eigenvalue weighted by atomic mass is 16.5. The average Bonchev–Trinajstić information content (AvgIpc) is 3.21. The van der Waals surface area contributed by atoms with Gasteiger partial charge in [-0.1, -0.05) is 0 Å². The fraction of sp³-hybridized carbons (Fsp3) is 0.750. The number of nitrogens with one attached hydrogen (secondary N) is 3. The third-order valence-corrected chi connectivity index (χ3v) is 5.12. The maximum atomic E-state index is 12.4. The van der Waals surface area contributed by atoms with E-state index < -0.39 is 0 Å². The molecule has 4 heterocycles. The van der Waals surface area contributed by atoms with Crippen molar-refractivity contribution in [3.05, 3.63) is 11.8 Å². The molecule has 0 aromatic carbocycles. The lowest BCUT2D eigenvalue weighted by Crippen LogP contribution is -2.51. The molecule has 3 aliphatic rings. The van der Waals surface area contributed by atoms with Crippen LogP contribution in [-0.4, -0.2) is 58.5 Å². The SMILES string of the molecule is CC1CC(N2CCC(NC(=O)c3cc4n(n3)CCCO4)CC2)NN1. The van der Waals surface area contributed by atoms with Crippen LogP contribution in [0.2, 0.25) is 0 Å². The van der Waals surface area contributed by atoms with Crippen molar-refractivity contribution >= 4 is 5.91 Å². The molecule has 2 unspecified atom stereocenters. The van der Waals surface area contributed by atoms with Gasteiger partial charge in [0, 0.05) is 44.2 Å². The Morgan fingerprint density at radius 1 is 1.33 bits per heavy atom. The van der Waals surface area contributed by atoms with Crippen molar-refractivity contribution in [1.82, 2.24) is 30.8 Å². The molecule has 132 valence electrons. The number of likely N-dealkylation sites (tertiary alicyclic amines) is 1. The minimum atomic E-state index is -0.0896. The second-order valence-electron chi connectivity index (χ2n) is 7.02. The molecule has 8 nitrogen and oxygen atoms in total. The van der Waals surface area contributed by atoms with E-state index in [1.54, 1.807) is 10.7 Å². The van der Waals surface area contributed by atoms with Crippen LogP contribution < -0.4 is 20.9 Å². The quantitative estimate of drug-likeness (QED) is 0.726. The summed E-state index contributed by atoms with van der Waals surface area (Å²) in [6.07, 6.45) is 4.42. The van der Waals surface area contributed by atoms with Crippen LogP contribution in [0.5, 0.6) is 5.88 Å². The molecule has 2 atom stereocenters. The Balaban J connectivity index is 1.29. The van der Waals surface area contributed by atoms with Gasteiger partial charge in [-0.15, -0.1) is 0 Å². The number of hydrazine groups is 1. The van der Waals surface area contributed by atoms with Crippen molar-refractivity contribution < 1.29 is 9.53 Å². The highest BCUT2D eigenvalue weighted by Crippen LogP contribution is 2.20. The summed E-state index contributed by atoms with van der Waals surface area (Å²) < 4.78 is 7.30. The van der Waals surface area contributed by atoms with Gasteiger partial charge < -0.3 is 10.1 Å². The highest BCUT2D eigenvalue weighted by Gasteiger charge is 2.30. The Morgan fingerprint density at radius 2 is 2.17 bits per heavy atom. The number of nitrogens with zero attached hydrogens (tertiary/aromatic N) is 3. The van der Waals surface area contributed by atoms with Gasteiger partial charge >= 0.3 is 0 Å². The summed E-state index contributed by atoms with van der Waals surface area (Å²) in [5.74, 6) is 0.614. The van der Waals surface area contributed by atoms with Crippen molar-refractivity contribution in [1.29, 1.82) is 0 Å². The van der Waals surface area contributed by atoms with Gasteiger partial charge in [0.05, 0.1) is 12.8 Å². The van der Waals surface area contributed by atoms with Crippen molar-refractivity contribution in [3.8, 4) is 5.88 Å². The highest BCUT2D eigenvalue weighted by molar-refractivity contribution is 5.92. The zero-order valence-electron chi connectivity index (χ0n) is 14.1. The number of carbonyl (C=O) groups is 1. The molecule has 1 aromatic heterocycles. The molecule has 0 saturated carbocycles. The van der Waals surface area contributed by atoms with E-state index in [2.05, 4.69) is 33.1 Å². The topological polar surface area (TPSA) is 83.5 Å². The van der Waals surface area contributed by atoms with Crippen molar-refractivity contribution in [2.24, 2.45) is 0 Å². The van der Waals surface area contributed by atoms with E-state index in [-0.39, 0.29) is 11.9 Å². The molecule has 24 heavy (non-hydrogen) atoms. The molecule has 0 spiro atoms. The third-order valence-electron chi connectivity index (χ3n) is 5.12. The standard InChI is InChI=1S/C16H26N6O2/c1-11-9-14(19-18-11)21-6-3-12(4-7-21)17-16(23)13-10-15-22(20-13)5-2-8-24-15/h10-12,14,18-19H,2-9H2,1H3,(H,17,23). The van der Waals surface area contributed by atoms with E-state index in [0.717, 1.165) is 45.3 Å². The van der Waals surface area contributed by atoms with Crippen LogP contribution in [0.15, 0.2) is 6.07 Å². The number of piperidine rings is 1. The van der Waals surface area contributed by atoms with E-state index in [1.165, 1.54) is 0 Å². The summed E-state index contributed by atoms with van der Waals surface area (Å²) in [7, 11) is 0. The first-order chi connectivity index (χ1) is 11.7. The minimum absolute atomic E-state index is 0.0896. The molecule has 0 bridgehead atoms. The van der Waals surface area contributed by atoms with Crippen LogP contribution in [0.3, 0.4) is 0 Å². The number of hydrogen-bond acceptors (Lipinski definition) is 6. The Hall–Kier alpha value is -1.64. The van der Waals surface area contributed by atoms with Gasteiger partial charge in [0.15, 0.2) is 5.69 Å². The first-order valence-electron chi connectivity index (χ1n) is 8.95. The van der Waals surface area contributed by atoms with E-state index in [1.807, 2.05) is 0 Å². The fourth-order valence-electron chi connectivity index (χ4n) is 3.72. The Bertz CT molecular complexity index is 572. The molecular weight excluding hydrogens is 308 g/mol. The van der Waals surface area contributed by atoms with E-state index >= 15 is 0 Å². The van der Waals surface area contributed by atoms with Gasteiger partial charge in [0.25, 0.3) is 5.91 Å². The van der Waals surface area contributed by atoms with Crippen LogP contribution in [0, 0.1) is 0 Å². The molecular formula is C16H26N6O2. The predicted molar refractivity (Wildman–Crippen MR) is 88.5 cm³/mol. The van der Waals surface area contributed by atoms with Gasteiger partial charge in [-0.3, -0.25) is 15.1 Å². The van der Waals surface area contributed by atoms with Gasteiger partial charge in [0.2, 0.25) is 5.88 Å². The maximum absolute atomic E-state index is 12.4. The molecule has 2 saturated heterocycles. The largest absolute Gasteiger partial charge is 0.478 e. The van der Waals surface area contributed by atoms with Crippen LogP contribution in [0.4, 0.5) is 0 Å². The second-order valence-corrected chi connectivity index (χ2v) is 7.02. The minimum Gasteiger partial charge on any atom is -0.478 e. The van der Waals surface area contributed by atoms with Crippen molar-refractivity contribution in [2.45, 2.75) is 57.4 Å². The number of rotatable bonds is 3. The van der Waals surface area contributed by atoms with Crippen LogP contribution in [0.1, 0.15) is 43.1 Å². The Morgan fingerprint density at radius 3 is 2.88 bits per heavy atom. The van der Waals surface area contributed by atoms with Crippen LogP contribution >= 0.6 is 0 Å². The molecule has 1 amide bonds. The monoisotopic (exact) mass is 334 g/mol. The molecule has 4 rings (SSSR count). The smallest absolute Gasteiger partial charge is 0.272 e. The average molecular weight is 334 g/mol. The van der Waals surface area contributed by atoms with Crippen molar-refractivity contribution in [3.63, 3.8) is 0 Å². The molecule has 8 heteroatoms. The van der Waals surface area contributed by atoms with Crippen LogP contribution in [-0.2, 0) is 6.54 Å². The predicted octanol–water partition coefficient (Wildman–Crippen LogP) is 0.0723. The summed E-state index contributed by atoms with van der Waals surface area (Å²) >= 11 is 0. The molecule has 0 radical (unpaired) electrons. The molecule has 3 aliphatic heterocycles. The lowest BCUT2D eigenvalue weighted by Gasteiger charge is -2.35. The normalized spacial score (nSPS) is 28.4. The molecule has 1 aromatic rings. The zero-order valence-corrected chi connectivity index (χ0v) is 14.1. The number of aromatic nitrogens is 2. The lowest BCUT2D eigenvalue weighted by atomic mass is 10.0. The number of ether oxygens (including phenoxy) is 1. The Labute approximate surface area is 141 Å². The first-order valence-corrected chi connectivity index (χ1v) is 8.95. The van der Waals surface area contributed by atoms with Gasteiger partial charge in [-0.25, -0.2) is 10.1 Å². The van der Waals surface area contributed by atoms with Crippen molar-refractivity contribution in [2.75, 3.05) is 19.7 Å². The molecule has 0 aliphatic carbocycles. The molecule has 3 N–H and O–H groups in total. The summed E-state index contributed by atoms with van der Waals surface area (Å²) in [6.45, 7) is 5.71. The number of carbonyl (C=O) groups excluding carboxylic acids is 1. The third kappa shape index (κ3) is 3.26. The van der Waals surface area contributed by atoms with E-state index in [0.29, 0.717) is 30.4 Å².